The normalized spacial score (nSPS) is 13.5. The van der Waals surface area contributed by atoms with Crippen LogP contribution in [0.1, 0.15) is 32.7 Å². The van der Waals surface area contributed by atoms with Crippen molar-refractivity contribution < 1.29 is 22.4 Å². The van der Waals surface area contributed by atoms with Gasteiger partial charge in [-0.25, -0.2) is 4.39 Å². The van der Waals surface area contributed by atoms with E-state index in [-0.39, 0.29) is 12.1 Å². The summed E-state index contributed by atoms with van der Waals surface area (Å²) >= 11 is 0. The first kappa shape index (κ1) is 27.9. The third-order valence-electron chi connectivity index (χ3n) is 6.34. The zero-order valence-electron chi connectivity index (χ0n) is 22.2. The minimum Gasteiger partial charge on any atom is -0.381 e. The first-order valence-corrected chi connectivity index (χ1v) is 12.1. The number of nitrogens with one attached hydrogen (secondary N) is 4. The van der Waals surface area contributed by atoms with E-state index in [1.165, 1.54) is 0 Å². The second-order valence-corrected chi connectivity index (χ2v) is 9.49. The molecule has 0 saturated carbocycles. The van der Waals surface area contributed by atoms with Crippen LogP contribution in [0.15, 0.2) is 42.7 Å². The maximum absolute atomic E-state index is 14.7. The Kier molecular flexibility index (Phi) is 7.84. The molecule has 0 fully saturated rings. The highest BCUT2D eigenvalue weighted by atomic mass is 19.4. The number of hydrogen-bond donors (Lipinski definition) is 4. The van der Waals surface area contributed by atoms with Crippen LogP contribution < -0.4 is 26.6 Å². The number of hydrazine groups is 2. The molecule has 3 aromatic rings. The molecule has 0 saturated heterocycles. The molecule has 4 rings (SSSR count). The number of hydrogen-bond acceptors (Lipinski definition) is 7. The Hall–Kier alpha value is -4.10. The number of rotatable bonds is 8. The highest BCUT2D eigenvalue weighted by Crippen LogP contribution is 2.35. The fourth-order valence-corrected chi connectivity index (χ4v) is 4.00. The number of carbonyl (C=O) groups is 1. The lowest BCUT2D eigenvalue weighted by molar-refractivity contribution is -0.139. The zero-order chi connectivity index (χ0) is 28.5. The predicted octanol–water partition coefficient (Wildman–Crippen LogP) is 4.25. The number of carbonyl (C=O) groups excluding carboxylic acids is 1. The molecule has 0 unspecified atom stereocenters. The summed E-state index contributed by atoms with van der Waals surface area (Å²) in [5.74, 6) is -2.25. The first-order valence-electron chi connectivity index (χ1n) is 12.1. The van der Waals surface area contributed by atoms with Crippen LogP contribution in [0, 0.1) is 19.7 Å². The SMILES string of the molecule is Cc1ccc(NC(=O)c2cc(NCCN(C)C)c(F)c(C(F)(F)F)c2)cc1N1C=C(c2cnn(C)c2C)NN1. The third-order valence-corrected chi connectivity index (χ3v) is 6.34. The number of aryl methyl sites for hydroxylation is 2. The van der Waals surface area contributed by atoms with Gasteiger partial charge >= 0.3 is 6.18 Å². The Labute approximate surface area is 223 Å². The van der Waals surface area contributed by atoms with Gasteiger partial charge in [-0.3, -0.25) is 14.5 Å². The molecule has 9 nitrogen and oxygen atoms in total. The molecule has 2 heterocycles. The van der Waals surface area contributed by atoms with Crippen LogP contribution in [0.4, 0.5) is 34.6 Å². The Morgan fingerprint density at radius 3 is 2.54 bits per heavy atom. The standard InChI is InChI=1S/C26H30F4N8O/c1-15-6-7-18(12-23(15)38-14-22(34-35-38)19-13-32-37(5)16(19)2)33-25(39)17-10-20(26(28,29)30)24(27)21(11-17)31-8-9-36(3)4/h6-7,10-14,31,34-35H,8-9H2,1-5H3,(H,33,39). The summed E-state index contributed by atoms with van der Waals surface area (Å²) in [7, 11) is 5.41. The smallest absolute Gasteiger partial charge is 0.381 e. The number of anilines is 3. The van der Waals surface area contributed by atoms with Crippen molar-refractivity contribution >= 4 is 28.7 Å². The zero-order valence-corrected chi connectivity index (χ0v) is 22.2. The van der Waals surface area contributed by atoms with Crippen LogP contribution in [-0.4, -0.2) is 47.8 Å². The summed E-state index contributed by atoms with van der Waals surface area (Å²) in [5.41, 5.74) is 8.46. The van der Waals surface area contributed by atoms with E-state index in [0.717, 1.165) is 28.6 Å². The van der Waals surface area contributed by atoms with E-state index in [1.807, 2.05) is 27.1 Å². The van der Waals surface area contributed by atoms with Crippen LogP contribution in [0.5, 0.6) is 0 Å². The summed E-state index contributed by atoms with van der Waals surface area (Å²) in [6, 6.07) is 6.70. The van der Waals surface area contributed by atoms with Gasteiger partial charge in [0.05, 0.1) is 28.8 Å². The molecule has 1 aromatic heterocycles. The lowest BCUT2D eigenvalue weighted by Crippen LogP contribution is -2.36. The van der Waals surface area contributed by atoms with Gasteiger partial charge in [0.15, 0.2) is 5.82 Å². The van der Waals surface area contributed by atoms with Gasteiger partial charge in [0.25, 0.3) is 5.91 Å². The molecule has 39 heavy (non-hydrogen) atoms. The molecule has 0 aliphatic carbocycles. The highest BCUT2D eigenvalue weighted by molar-refractivity contribution is 6.05. The van der Waals surface area contributed by atoms with Crippen molar-refractivity contribution in [1.82, 2.24) is 25.6 Å². The minimum absolute atomic E-state index is 0.193. The van der Waals surface area contributed by atoms with E-state index < -0.39 is 29.2 Å². The maximum Gasteiger partial charge on any atom is 0.419 e. The Morgan fingerprint density at radius 2 is 1.90 bits per heavy atom. The van der Waals surface area contributed by atoms with Crippen LogP contribution in [-0.2, 0) is 13.2 Å². The van der Waals surface area contributed by atoms with E-state index >= 15 is 0 Å². The molecule has 0 radical (unpaired) electrons. The fraction of sp³-hybridized carbons (Fsp3) is 0.308. The largest absolute Gasteiger partial charge is 0.419 e. The van der Waals surface area contributed by atoms with E-state index in [1.54, 1.807) is 53.1 Å². The summed E-state index contributed by atoms with van der Waals surface area (Å²) in [6.07, 6.45) is -1.40. The topological polar surface area (TPSA) is 89.5 Å². The van der Waals surface area contributed by atoms with Crippen molar-refractivity contribution in [3.05, 3.63) is 76.5 Å². The van der Waals surface area contributed by atoms with Crippen LogP contribution in [0.25, 0.3) is 5.70 Å². The van der Waals surface area contributed by atoms with Gasteiger partial charge in [0.1, 0.15) is 0 Å². The molecule has 2 aromatic carbocycles. The van der Waals surface area contributed by atoms with Gasteiger partial charge in [0, 0.05) is 48.8 Å². The second kappa shape index (κ2) is 10.9. The Balaban J connectivity index is 1.59. The molecule has 4 N–H and O–H groups in total. The molecule has 1 aliphatic heterocycles. The fourth-order valence-electron chi connectivity index (χ4n) is 4.00. The summed E-state index contributed by atoms with van der Waals surface area (Å²) in [6.45, 7) is 4.47. The van der Waals surface area contributed by atoms with Crippen molar-refractivity contribution in [3.63, 3.8) is 0 Å². The average molecular weight is 547 g/mol. The summed E-state index contributed by atoms with van der Waals surface area (Å²) in [4.78, 5) is 14.8. The maximum atomic E-state index is 14.7. The number of amides is 1. The number of benzene rings is 2. The van der Waals surface area contributed by atoms with Crippen LogP contribution in [0.3, 0.4) is 0 Å². The van der Waals surface area contributed by atoms with E-state index in [4.69, 9.17) is 0 Å². The quantitative estimate of drug-likeness (QED) is 0.314. The van der Waals surface area contributed by atoms with Gasteiger partial charge < -0.3 is 21.0 Å². The van der Waals surface area contributed by atoms with Gasteiger partial charge in [-0.15, -0.1) is 5.53 Å². The number of aromatic nitrogens is 2. The van der Waals surface area contributed by atoms with Crippen molar-refractivity contribution in [1.29, 1.82) is 0 Å². The minimum atomic E-state index is -4.97. The molecule has 0 spiro atoms. The molecule has 13 heteroatoms. The van der Waals surface area contributed by atoms with E-state index in [2.05, 4.69) is 26.7 Å². The third kappa shape index (κ3) is 6.15. The van der Waals surface area contributed by atoms with Crippen molar-refractivity contribution in [2.45, 2.75) is 20.0 Å². The molecule has 1 aliphatic rings. The average Bonchev–Trinajstić information content (AvgIpc) is 3.47. The lowest BCUT2D eigenvalue weighted by atomic mass is 10.1. The van der Waals surface area contributed by atoms with Gasteiger partial charge in [-0.05, 0) is 57.8 Å². The summed E-state index contributed by atoms with van der Waals surface area (Å²) in [5, 5.41) is 11.3. The van der Waals surface area contributed by atoms with E-state index in [0.29, 0.717) is 24.0 Å². The molecular weight excluding hydrogens is 516 g/mol. The summed E-state index contributed by atoms with van der Waals surface area (Å²) < 4.78 is 57.1. The number of likely N-dealkylation sites (N-methyl/N-ethyl adjacent to an activating group) is 1. The van der Waals surface area contributed by atoms with Crippen molar-refractivity contribution in [3.8, 4) is 0 Å². The Morgan fingerprint density at radius 1 is 1.15 bits per heavy atom. The van der Waals surface area contributed by atoms with Crippen LogP contribution >= 0.6 is 0 Å². The molecule has 208 valence electrons. The number of halogens is 4. The van der Waals surface area contributed by atoms with Crippen molar-refractivity contribution in [2.75, 3.05) is 42.8 Å². The Bertz CT molecular complexity index is 1410. The van der Waals surface area contributed by atoms with E-state index in [9.17, 15) is 22.4 Å². The predicted molar refractivity (Wildman–Crippen MR) is 142 cm³/mol. The lowest BCUT2D eigenvalue weighted by Gasteiger charge is -2.19. The van der Waals surface area contributed by atoms with Gasteiger partial charge in [-0.2, -0.15) is 18.3 Å². The number of nitrogens with zero attached hydrogens (tertiary/aromatic N) is 4. The van der Waals surface area contributed by atoms with Gasteiger partial charge in [0.2, 0.25) is 0 Å². The molecule has 0 bridgehead atoms. The van der Waals surface area contributed by atoms with Crippen molar-refractivity contribution in [2.24, 2.45) is 7.05 Å². The first-order chi connectivity index (χ1) is 18.3. The molecule has 0 atom stereocenters. The van der Waals surface area contributed by atoms with Crippen LogP contribution in [0.2, 0.25) is 0 Å². The second-order valence-electron chi connectivity index (χ2n) is 9.49. The monoisotopic (exact) mass is 546 g/mol. The van der Waals surface area contributed by atoms with Gasteiger partial charge in [-0.1, -0.05) is 6.07 Å². The number of alkyl halides is 3. The molecule has 1 amide bonds. The highest BCUT2D eigenvalue weighted by Gasteiger charge is 2.36. The molecular formula is C26H30F4N8O.